The average molecular weight is 465 g/mol. The molecule has 2 amide bonds. The van der Waals surface area contributed by atoms with Crippen LogP contribution in [0.25, 0.3) is 0 Å². The Labute approximate surface area is 200 Å². The van der Waals surface area contributed by atoms with Crippen LogP contribution in [0.1, 0.15) is 23.6 Å². The Morgan fingerprint density at radius 1 is 0.970 bits per heavy atom. The summed E-state index contributed by atoms with van der Waals surface area (Å²) >= 11 is 5.94. The van der Waals surface area contributed by atoms with E-state index >= 15 is 0 Å². The van der Waals surface area contributed by atoms with E-state index in [9.17, 15) is 9.59 Å². The van der Waals surface area contributed by atoms with Gasteiger partial charge in [-0.1, -0.05) is 66.2 Å². The Morgan fingerprint density at radius 3 is 2.30 bits per heavy atom. The maximum Gasteiger partial charge on any atom is 0.261 e. The highest BCUT2D eigenvalue weighted by Gasteiger charge is 2.30. The van der Waals surface area contributed by atoms with Crippen LogP contribution < -0.4 is 10.1 Å². The molecule has 6 heteroatoms. The fourth-order valence-corrected chi connectivity index (χ4v) is 3.70. The molecule has 3 rings (SSSR count). The summed E-state index contributed by atoms with van der Waals surface area (Å²) in [6, 6.07) is 23.8. The number of amides is 2. The minimum Gasteiger partial charge on any atom is -0.484 e. The SMILES string of the molecule is CCNC(=O)C(Cc1ccccc1)N(Cc1ccccc1C)C(=O)COc1ccc(Cl)cc1. The molecule has 0 aliphatic rings. The quantitative estimate of drug-likeness (QED) is 0.468. The fourth-order valence-electron chi connectivity index (χ4n) is 3.58. The summed E-state index contributed by atoms with van der Waals surface area (Å²) in [6.45, 7) is 4.48. The lowest BCUT2D eigenvalue weighted by Gasteiger charge is -2.31. The van der Waals surface area contributed by atoms with Crippen LogP contribution in [0, 0.1) is 6.92 Å². The third-order valence-electron chi connectivity index (χ3n) is 5.40. The Kier molecular flexibility index (Phi) is 8.90. The minimum atomic E-state index is -0.673. The largest absolute Gasteiger partial charge is 0.484 e. The van der Waals surface area contributed by atoms with Crippen LogP contribution in [-0.4, -0.2) is 35.9 Å². The molecule has 0 aliphatic carbocycles. The molecule has 33 heavy (non-hydrogen) atoms. The third kappa shape index (κ3) is 7.09. The van der Waals surface area contributed by atoms with E-state index in [1.165, 1.54) is 0 Å². The van der Waals surface area contributed by atoms with Gasteiger partial charge in [-0.05, 0) is 54.8 Å². The van der Waals surface area contributed by atoms with E-state index in [-0.39, 0.29) is 18.4 Å². The highest BCUT2D eigenvalue weighted by Crippen LogP contribution is 2.19. The van der Waals surface area contributed by atoms with Crippen molar-refractivity contribution in [2.24, 2.45) is 0 Å². The molecule has 0 aliphatic heterocycles. The van der Waals surface area contributed by atoms with Gasteiger partial charge in [-0.15, -0.1) is 0 Å². The van der Waals surface area contributed by atoms with Crippen LogP contribution in [0.4, 0.5) is 0 Å². The lowest BCUT2D eigenvalue weighted by Crippen LogP contribution is -2.51. The molecule has 3 aromatic carbocycles. The predicted octanol–water partition coefficient (Wildman–Crippen LogP) is 4.80. The van der Waals surface area contributed by atoms with Crippen LogP contribution >= 0.6 is 11.6 Å². The summed E-state index contributed by atoms with van der Waals surface area (Å²) < 4.78 is 5.73. The molecule has 0 radical (unpaired) electrons. The number of nitrogens with zero attached hydrogens (tertiary/aromatic N) is 1. The van der Waals surface area contributed by atoms with Gasteiger partial charge in [0.2, 0.25) is 5.91 Å². The Hall–Kier alpha value is -3.31. The van der Waals surface area contributed by atoms with Gasteiger partial charge in [0, 0.05) is 24.5 Å². The van der Waals surface area contributed by atoms with E-state index < -0.39 is 6.04 Å². The number of likely N-dealkylation sites (N-methyl/N-ethyl adjacent to an activating group) is 1. The van der Waals surface area contributed by atoms with Gasteiger partial charge in [0.1, 0.15) is 11.8 Å². The molecule has 0 heterocycles. The van der Waals surface area contributed by atoms with Gasteiger partial charge in [-0.25, -0.2) is 0 Å². The average Bonchev–Trinajstić information content (AvgIpc) is 2.82. The Morgan fingerprint density at radius 2 is 1.64 bits per heavy atom. The van der Waals surface area contributed by atoms with Gasteiger partial charge in [-0.2, -0.15) is 0 Å². The number of aryl methyl sites for hydroxylation is 1. The number of carbonyl (C=O) groups is 2. The molecular weight excluding hydrogens is 436 g/mol. The highest BCUT2D eigenvalue weighted by atomic mass is 35.5. The number of nitrogens with one attached hydrogen (secondary N) is 1. The molecule has 0 saturated heterocycles. The molecule has 1 unspecified atom stereocenters. The first kappa shape index (κ1) is 24.3. The molecule has 0 saturated carbocycles. The van der Waals surface area contributed by atoms with E-state index in [0.717, 1.165) is 16.7 Å². The normalized spacial score (nSPS) is 11.5. The standard InChI is InChI=1S/C27H29ClN2O3/c1-3-29-27(32)25(17-21-10-5-4-6-11-21)30(18-22-12-8-7-9-20(22)2)26(31)19-33-24-15-13-23(28)14-16-24/h4-16,25H,3,17-19H2,1-2H3,(H,29,32). The number of halogens is 1. The van der Waals surface area contributed by atoms with Crippen molar-refractivity contribution in [3.63, 3.8) is 0 Å². The molecule has 3 aromatic rings. The molecule has 5 nitrogen and oxygen atoms in total. The van der Waals surface area contributed by atoms with Crippen molar-refractivity contribution in [3.8, 4) is 5.75 Å². The second-order valence-corrected chi connectivity index (χ2v) is 8.23. The van der Waals surface area contributed by atoms with Crippen molar-refractivity contribution in [1.29, 1.82) is 0 Å². The van der Waals surface area contributed by atoms with Crippen molar-refractivity contribution in [2.45, 2.75) is 32.9 Å². The third-order valence-corrected chi connectivity index (χ3v) is 5.65. The smallest absolute Gasteiger partial charge is 0.261 e. The lowest BCUT2D eigenvalue weighted by molar-refractivity contribution is -0.142. The van der Waals surface area contributed by atoms with Crippen LogP contribution in [0.15, 0.2) is 78.9 Å². The number of hydrogen-bond acceptors (Lipinski definition) is 3. The molecule has 0 aromatic heterocycles. The maximum atomic E-state index is 13.4. The minimum absolute atomic E-state index is 0.182. The van der Waals surface area contributed by atoms with Gasteiger partial charge < -0.3 is 15.0 Å². The molecule has 1 N–H and O–H groups in total. The summed E-state index contributed by atoms with van der Waals surface area (Å²) in [5.41, 5.74) is 3.03. The first-order valence-electron chi connectivity index (χ1n) is 11.0. The van der Waals surface area contributed by atoms with Crippen LogP contribution in [0.3, 0.4) is 0 Å². The fraction of sp³-hybridized carbons (Fsp3) is 0.259. The zero-order valence-electron chi connectivity index (χ0n) is 19.0. The second kappa shape index (κ2) is 12.1. The van der Waals surface area contributed by atoms with Gasteiger partial charge in [0.15, 0.2) is 6.61 Å². The van der Waals surface area contributed by atoms with E-state index in [4.69, 9.17) is 16.3 Å². The predicted molar refractivity (Wildman–Crippen MR) is 131 cm³/mol. The summed E-state index contributed by atoms with van der Waals surface area (Å²) in [5.74, 6) is 0.0939. The summed E-state index contributed by atoms with van der Waals surface area (Å²) in [6.07, 6.45) is 0.408. The Balaban J connectivity index is 1.89. The second-order valence-electron chi connectivity index (χ2n) is 7.79. The topological polar surface area (TPSA) is 58.6 Å². The number of rotatable bonds is 10. The molecule has 0 spiro atoms. The number of benzene rings is 3. The zero-order valence-corrected chi connectivity index (χ0v) is 19.7. The molecule has 0 fully saturated rings. The highest BCUT2D eigenvalue weighted by molar-refractivity contribution is 6.30. The van der Waals surface area contributed by atoms with Crippen LogP contribution in [-0.2, 0) is 22.6 Å². The van der Waals surface area contributed by atoms with Gasteiger partial charge in [0.05, 0.1) is 0 Å². The maximum absolute atomic E-state index is 13.4. The van der Waals surface area contributed by atoms with Crippen molar-refractivity contribution in [3.05, 3.63) is 101 Å². The number of ether oxygens (including phenoxy) is 1. The first-order valence-corrected chi connectivity index (χ1v) is 11.4. The number of carbonyl (C=O) groups excluding carboxylic acids is 2. The lowest BCUT2D eigenvalue weighted by atomic mass is 10.0. The van der Waals surface area contributed by atoms with Gasteiger partial charge in [0.25, 0.3) is 5.91 Å². The Bertz CT molecular complexity index is 1050. The summed E-state index contributed by atoms with van der Waals surface area (Å²) in [5, 5.41) is 3.49. The van der Waals surface area contributed by atoms with Gasteiger partial charge in [-0.3, -0.25) is 9.59 Å². The van der Waals surface area contributed by atoms with Gasteiger partial charge >= 0.3 is 0 Å². The van der Waals surface area contributed by atoms with Crippen molar-refractivity contribution in [1.82, 2.24) is 10.2 Å². The van der Waals surface area contributed by atoms with E-state index in [2.05, 4.69) is 5.32 Å². The molecule has 1 atom stereocenters. The zero-order chi connectivity index (χ0) is 23.6. The van der Waals surface area contributed by atoms with E-state index in [1.807, 2.05) is 68.4 Å². The molecular formula is C27H29ClN2O3. The molecule has 172 valence electrons. The first-order chi connectivity index (χ1) is 16.0. The molecule has 0 bridgehead atoms. The summed E-state index contributed by atoms with van der Waals surface area (Å²) in [7, 11) is 0. The van der Waals surface area contributed by atoms with E-state index in [0.29, 0.717) is 30.3 Å². The number of hydrogen-bond donors (Lipinski definition) is 1. The van der Waals surface area contributed by atoms with Crippen LogP contribution in [0.5, 0.6) is 5.75 Å². The van der Waals surface area contributed by atoms with Crippen molar-refractivity contribution >= 4 is 23.4 Å². The summed E-state index contributed by atoms with van der Waals surface area (Å²) in [4.78, 5) is 28.2. The monoisotopic (exact) mass is 464 g/mol. The van der Waals surface area contributed by atoms with Crippen LogP contribution in [0.2, 0.25) is 5.02 Å². The van der Waals surface area contributed by atoms with Crippen molar-refractivity contribution in [2.75, 3.05) is 13.2 Å². The van der Waals surface area contributed by atoms with E-state index in [1.54, 1.807) is 29.2 Å². The van der Waals surface area contributed by atoms with Crippen molar-refractivity contribution < 1.29 is 14.3 Å².